The summed E-state index contributed by atoms with van der Waals surface area (Å²) < 4.78 is 5.55. The number of carbonyl (C=O) groups is 1. The van der Waals surface area contributed by atoms with E-state index in [4.69, 9.17) is 4.74 Å². The molecule has 0 unspecified atom stereocenters. The van der Waals surface area contributed by atoms with Gasteiger partial charge < -0.3 is 15.4 Å². The SMILES string of the molecule is CCOc1ccccc1NC(=O)c1ccc(NC2CCCCCC2)nc1. The normalized spacial score (nSPS) is 15.1. The van der Waals surface area contributed by atoms with Crippen LogP contribution in [0.4, 0.5) is 11.5 Å². The fourth-order valence-corrected chi connectivity index (χ4v) is 3.29. The van der Waals surface area contributed by atoms with Gasteiger partial charge in [-0.1, -0.05) is 37.8 Å². The van der Waals surface area contributed by atoms with Gasteiger partial charge in [-0.25, -0.2) is 4.98 Å². The molecule has 2 N–H and O–H groups in total. The molecule has 5 nitrogen and oxygen atoms in total. The van der Waals surface area contributed by atoms with Gasteiger partial charge in [0.2, 0.25) is 0 Å². The smallest absolute Gasteiger partial charge is 0.257 e. The van der Waals surface area contributed by atoms with E-state index in [1.54, 1.807) is 6.20 Å². The molecule has 0 aliphatic heterocycles. The highest BCUT2D eigenvalue weighted by molar-refractivity contribution is 6.04. The summed E-state index contributed by atoms with van der Waals surface area (Å²) in [6.07, 6.45) is 9.21. The molecular weight excluding hydrogens is 326 g/mol. The van der Waals surface area contributed by atoms with E-state index in [2.05, 4.69) is 15.6 Å². The van der Waals surface area contributed by atoms with Crippen molar-refractivity contribution in [1.82, 2.24) is 4.98 Å². The number of hydrogen-bond donors (Lipinski definition) is 2. The molecule has 26 heavy (non-hydrogen) atoms. The maximum atomic E-state index is 12.5. The number of carbonyl (C=O) groups excluding carboxylic acids is 1. The van der Waals surface area contributed by atoms with Gasteiger partial charge in [0.25, 0.3) is 5.91 Å². The Morgan fingerprint density at radius 3 is 2.58 bits per heavy atom. The van der Waals surface area contributed by atoms with Gasteiger partial charge in [-0.15, -0.1) is 0 Å². The Kier molecular flexibility index (Phi) is 6.47. The van der Waals surface area contributed by atoms with Crippen LogP contribution in [0, 0.1) is 0 Å². The predicted octanol–water partition coefficient (Wildman–Crippen LogP) is 4.87. The lowest BCUT2D eigenvalue weighted by Crippen LogP contribution is -2.19. The van der Waals surface area contributed by atoms with Crippen LogP contribution in [0.2, 0.25) is 0 Å². The van der Waals surface area contributed by atoms with Crippen molar-refractivity contribution >= 4 is 17.4 Å². The molecule has 1 aliphatic rings. The van der Waals surface area contributed by atoms with Crippen LogP contribution in [0.3, 0.4) is 0 Å². The Balaban J connectivity index is 1.62. The van der Waals surface area contributed by atoms with Crippen LogP contribution < -0.4 is 15.4 Å². The Morgan fingerprint density at radius 2 is 1.88 bits per heavy atom. The van der Waals surface area contributed by atoms with Gasteiger partial charge in [-0.2, -0.15) is 0 Å². The zero-order valence-electron chi connectivity index (χ0n) is 15.3. The highest BCUT2D eigenvalue weighted by atomic mass is 16.5. The first-order valence-electron chi connectivity index (χ1n) is 9.52. The van der Waals surface area contributed by atoms with Crippen molar-refractivity contribution < 1.29 is 9.53 Å². The minimum absolute atomic E-state index is 0.189. The molecule has 0 spiro atoms. The molecule has 3 rings (SSSR count). The van der Waals surface area contributed by atoms with Crippen LogP contribution in [0.1, 0.15) is 55.8 Å². The largest absolute Gasteiger partial charge is 0.492 e. The molecule has 1 aromatic heterocycles. The second-order valence-corrected chi connectivity index (χ2v) is 6.65. The standard InChI is InChI=1S/C21H27N3O2/c1-2-26-19-12-8-7-11-18(19)24-21(25)16-13-14-20(22-15-16)23-17-9-5-3-4-6-10-17/h7-8,11-15,17H,2-6,9-10H2,1H3,(H,22,23)(H,24,25). The van der Waals surface area contributed by atoms with E-state index in [0.717, 1.165) is 5.82 Å². The number of ether oxygens (including phenoxy) is 1. The number of aromatic nitrogens is 1. The summed E-state index contributed by atoms with van der Waals surface area (Å²) in [5.74, 6) is 1.32. The third-order valence-corrected chi connectivity index (χ3v) is 4.67. The van der Waals surface area contributed by atoms with Crippen LogP contribution in [0.15, 0.2) is 42.6 Å². The van der Waals surface area contributed by atoms with Crippen LogP contribution in [0.25, 0.3) is 0 Å². The zero-order valence-corrected chi connectivity index (χ0v) is 15.3. The number of para-hydroxylation sites is 2. The van der Waals surface area contributed by atoms with Crippen LogP contribution in [-0.4, -0.2) is 23.5 Å². The fourth-order valence-electron chi connectivity index (χ4n) is 3.29. The van der Waals surface area contributed by atoms with E-state index in [9.17, 15) is 4.79 Å². The Bertz CT molecular complexity index is 707. The number of pyridine rings is 1. The Labute approximate surface area is 155 Å². The summed E-state index contributed by atoms with van der Waals surface area (Å²) in [4.78, 5) is 16.9. The second-order valence-electron chi connectivity index (χ2n) is 6.65. The fraction of sp³-hybridized carbons (Fsp3) is 0.429. The Morgan fingerprint density at radius 1 is 1.12 bits per heavy atom. The molecule has 0 radical (unpaired) electrons. The molecule has 0 bridgehead atoms. The van der Waals surface area contributed by atoms with E-state index in [1.807, 2.05) is 43.3 Å². The summed E-state index contributed by atoms with van der Waals surface area (Å²) in [5, 5.41) is 6.40. The molecule has 1 heterocycles. The minimum Gasteiger partial charge on any atom is -0.492 e. The van der Waals surface area contributed by atoms with Gasteiger partial charge in [0.1, 0.15) is 11.6 Å². The molecule has 1 saturated carbocycles. The maximum absolute atomic E-state index is 12.5. The molecule has 2 aromatic rings. The summed E-state index contributed by atoms with van der Waals surface area (Å²) in [6.45, 7) is 2.47. The van der Waals surface area contributed by atoms with Crippen LogP contribution in [0.5, 0.6) is 5.75 Å². The van der Waals surface area contributed by atoms with Gasteiger partial charge in [0.15, 0.2) is 0 Å². The number of hydrogen-bond acceptors (Lipinski definition) is 4. The van der Waals surface area contributed by atoms with Crippen molar-refractivity contribution in [2.45, 2.75) is 51.5 Å². The van der Waals surface area contributed by atoms with Crippen LogP contribution >= 0.6 is 0 Å². The third-order valence-electron chi connectivity index (χ3n) is 4.67. The second kappa shape index (κ2) is 9.22. The van der Waals surface area contributed by atoms with Gasteiger partial charge in [-0.05, 0) is 44.0 Å². The van der Waals surface area contributed by atoms with E-state index in [-0.39, 0.29) is 5.91 Å². The lowest BCUT2D eigenvalue weighted by Gasteiger charge is -2.17. The van der Waals surface area contributed by atoms with E-state index in [0.29, 0.717) is 29.6 Å². The van der Waals surface area contributed by atoms with Crippen molar-refractivity contribution in [3.05, 3.63) is 48.2 Å². The molecule has 0 saturated heterocycles. The van der Waals surface area contributed by atoms with Crippen LogP contribution in [-0.2, 0) is 0 Å². The summed E-state index contributed by atoms with van der Waals surface area (Å²) in [6, 6.07) is 11.6. The predicted molar refractivity (Wildman–Crippen MR) is 105 cm³/mol. The van der Waals surface area contributed by atoms with E-state index < -0.39 is 0 Å². The monoisotopic (exact) mass is 353 g/mol. The molecule has 1 aromatic carbocycles. The lowest BCUT2D eigenvalue weighted by molar-refractivity contribution is 0.102. The molecule has 0 atom stereocenters. The number of nitrogens with zero attached hydrogens (tertiary/aromatic N) is 1. The number of rotatable bonds is 6. The number of benzene rings is 1. The lowest BCUT2D eigenvalue weighted by atomic mass is 10.1. The molecular formula is C21H27N3O2. The number of nitrogens with one attached hydrogen (secondary N) is 2. The molecule has 5 heteroatoms. The first-order valence-corrected chi connectivity index (χ1v) is 9.52. The quantitative estimate of drug-likeness (QED) is 0.728. The highest BCUT2D eigenvalue weighted by Crippen LogP contribution is 2.24. The zero-order chi connectivity index (χ0) is 18.2. The van der Waals surface area contributed by atoms with E-state index in [1.165, 1.54) is 38.5 Å². The maximum Gasteiger partial charge on any atom is 0.257 e. The number of amides is 1. The van der Waals surface area contributed by atoms with E-state index >= 15 is 0 Å². The summed E-state index contributed by atoms with van der Waals surface area (Å²) in [7, 11) is 0. The average Bonchev–Trinajstić information content (AvgIpc) is 2.93. The van der Waals surface area contributed by atoms with Crippen molar-refractivity contribution in [2.75, 3.05) is 17.2 Å². The van der Waals surface area contributed by atoms with Crippen molar-refractivity contribution in [2.24, 2.45) is 0 Å². The molecule has 1 aliphatic carbocycles. The van der Waals surface area contributed by atoms with Gasteiger partial charge in [-0.3, -0.25) is 4.79 Å². The van der Waals surface area contributed by atoms with Gasteiger partial charge in [0.05, 0.1) is 17.9 Å². The first-order chi connectivity index (χ1) is 12.8. The Hall–Kier alpha value is -2.56. The third kappa shape index (κ3) is 4.97. The first kappa shape index (κ1) is 18.2. The van der Waals surface area contributed by atoms with Crippen molar-refractivity contribution in [1.29, 1.82) is 0 Å². The van der Waals surface area contributed by atoms with Gasteiger partial charge in [0, 0.05) is 12.2 Å². The van der Waals surface area contributed by atoms with Gasteiger partial charge >= 0.3 is 0 Å². The average molecular weight is 353 g/mol. The molecule has 138 valence electrons. The molecule has 1 amide bonds. The number of anilines is 2. The molecule has 1 fully saturated rings. The van der Waals surface area contributed by atoms with Crippen molar-refractivity contribution in [3.8, 4) is 5.75 Å². The topological polar surface area (TPSA) is 63.2 Å². The summed E-state index contributed by atoms with van der Waals surface area (Å²) >= 11 is 0. The van der Waals surface area contributed by atoms with Crippen molar-refractivity contribution in [3.63, 3.8) is 0 Å². The highest BCUT2D eigenvalue weighted by Gasteiger charge is 2.13. The minimum atomic E-state index is -0.189. The summed E-state index contributed by atoms with van der Waals surface area (Å²) in [5.41, 5.74) is 1.20.